The van der Waals surface area contributed by atoms with Gasteiger partial charge in [-0.1, -0.05) is 13.8 Å². The smallest absolute Gasteiger partial charge is 0.244 e. The number of nitrogens with one attached hydrogen (secondary N) is 1. The topological polar surface area (TPSA) is 32.3 Å². The lowest BCUT2D eigenvalue weighted by molar-refractivity contribution is -0.116. The summed E-state index contributed by atoms with van der Waals surface area (Å²) in [6.07, 6.45) is 8.23. The van der Waals surface area contributed by atoms with Gasteiger partial charge in [0.2, 0.25) is 5.91 Å². The molecule has 3 heteroatoms. The van der Waals surface area contributed by atoms with Gasteiger partial charge in [0.1, 0.15) is 0 Å². The summed E-state index contributed by atoms with van der Waals surface area (Å²) in [6, 6.07) is 0. The average Bonchev–Trinajstić information content (AvgIpc) is 3.17. The number of hydrogen-bond acceptors (Lipinski definition) is 2. The van der Waals surface area contributed by atoms with Crippen LogP contribution in [0.25, 0.3) is 0 Å². The van der Waals surface area contributed by atoms with Gasteiger partial charge in [-0.25, -0.2) is 0 Å². The van der Waals surface area contributed by atoms with E-state index in [1.54, 1.807) is 0 Å². The Balaban J connectivity index is 1.50. The molecule has 0 aromatic heterocycles. The Morgan fingerprint density at radius 1 is 1.40 bits per heavy atom. The van der Waals surface area contributed by atoms with E-state index >= 15 is 0 Å². The molecule has 1 amide bonds. The first-order chi connectivity index (χ1) is 9.56. The Kier molecular flexibility index (Phi) is 3.89. The standard InChI is InChI=1S/C17H28N2O/c1-13(2)10-17(5-6-17)12-18-16(20)9-15-11-19-7-3-14(15)4-8-19/h9,13-14H,3-8,10-12H2,1-2H3,(H,18,20). The first-order valence-electron chi connectivity index (χ1n) is 8.27. The third-order valence-electron chi connectivity index (χ3n) is 5.27. The van der Waals surface area contributed by atoms with Crippen LogP contribution in [0.3, 0.4) is 0 Å². The number of carbonyl (C=O) groups is 1. The first-order valence-corrected chi connectivity index (χ1v) is 8.27. The molecule has 0 spiro atoms. The van der Waals surface area contributed by atoms with Crippen molar-refractivity contribution in [2.75, 3.05) is 26.2 Å². The monoisotopic (exact) mass is 276 g/mol. The molecule has 4 rings (SSSR count). The summed E-state index contributed by atoms with van der Waals surface area (Å²) in [5.41, 5.74) is 1.80. The number of fused-ring (bicyclic) bond motifs is 3. The highest BCUT2D eigenvalue weighted by Crippen LogP contribution is 2.50. The summed E-state index contributed by atoms with van der Waals surface area (Å²) in [4.78, 5) is 14.6. The van der Waals surface area contributed by atoms with Crippen LogP contribution in [-0.4, -0.2) is 37.0 Å². The summed E-state index contributed by atoms with van der Waals surface area (Å²) < 4.78 is 0. The van der Waals surface area contributed by atoms with Crippen LogP contribution < -0.4 is 5.32 Å². The van der Waals surface area contributed by atoms with Crippen molar-refractivity contribution < 1.29 is 4.79 Å². The van der Waals surface area contributed by atoms with Gasteiger partial charge in [-0.15, -0.1) is 0 Å². The molecule has 1 aliphatic carbocycles. The van der Waals surface area contributed by atoms with Crippen molar-refractivity contribution >= 4 is 5.91 Å². The van der Waals surface area contributed by atoms with Crippen LogP contribution in [0, 0.1) is 17.3 Å². The molecule has 0 radical (unpaired) electrons. The van der Waals surface area contributed by atoms with Crippen molar-refractivity contribution in [3.8, 4) is 0 Å². The highest BCUT2D eigenvalue weighted by atomic mass is 16.1. The molecule has 0 aromatic carbocycles. The van der Waals surface area contributed by atoms with E-state index in [-0.39, 0.29) is 5.91 Å². The highest BCUT2D eigenvalue weighted by molar-refractivity contribution is 5.88. The van der Waals surface area contributed by atoms with Gasteiger partial charge in [-0.2, -0.15) is 0 Å². The molecule has 2 bridgehead atoms. The maximum absolute atomic E-state index is 12.1. The number of hydrogen-bond donors (Lipinski definition) is 1. The maximum Gasteiger partial charge on any atom is 0.244 e. The zero-order valence-electron chi connectivity index (χ0n) is 13.0. The minimum atomic E-state index is 0.142. The molecule has 1 N–H and O–H groups in total. The Hall–Kier alpha value is -0.830. The fourth-order valence-electron chi connectivity index (χ4n) is 4.00. The van der Waals surface area contributed by atoms with Crippen molar-refractivity contribution in [3.05, 3.63) is 11.6 Å². The second-order valence-electron chi connectivity index (χ2n) is 7.59. The molecule has 3 heterocycles. The summed E-state index contributed by atoms with van der Waals surface area (Å²) in [5, 5.41) is 3.16. The molecule has 20 heavy (non-hydrogen) atoms. The summed E-state index contributed by atoms with van der Waals surface area (Å²) in [7, 11) is 0. The fraction of sp³-hybridized carbons (Fsp3) is 0.824. The van der Waals surface area contributed by atoms with Crippen molar-refractivity contribution in [1.29, 1.82) is 0 Å². The van der Waals surface area contributed by atoms with Crippen LogP contribution >= 0.6 is 0 Å². The molecule has 4 fully saturated rings. The van der Waals surface area contributed by atoms with Gasteiger partial charge in [0.25, 0.3) is 0 Å². The maximum atomic E-state index is 12.1. The van der Waals surface area contributed by atoms with Crippen LogP contribution in [-0.2, 0) is 4.79 Å². The molecule has 4 aliphatic rings. The lowest BCUT2D eigenvalue weighted by Gasteiger charge is -2.40. The first kappa shape index (κ1) is 14.1. The lowest BCUT2D eigenvalue weighted by Crippen LogP contribution is -2.43. The Morgan fingerprint density at radius 2 is 2.10 bits per heavy atom. The summed E-state index contributed by atoms with van der Waals surface area (Å²) >= 11 is 0. The van der Waals surface area contributed by atoms with E-state index in [9.17, 15) is 4.79 Å². The number of nitrogens with zero attached hydrogens (tertiary/aromatic N) is 1. The summed E-state index contributed by atoms with van der Waals surface area (Å²) in [6.45, 7) is 8.90. The SMILES string of the molecule is CC(C)CC1(CNC(=O)C=C2CN3CCC2CC3)CC1. The van der Waals surface area contributed by atoms with Gasteiger partial charge < -0.3 is 5.32 Å². The van der Waals surface area contributed by atoms with Crippen molar-refractivity contribution in [2.24, 2.45) is 17.3 Å². The molecule has 112 valence electrons. The average molecular weight is 276 g/mol. The molecule has 0 unspecified atom stereocenters. The van der Waals surface area contributed by atoms with Gasteiger partial charge in [0.15, 0.2) is 0 Å². The van der Waals surface area contributed by atoms with Gasteiger partial charge in [-0.3, -0.25) is 9.69 Å². The second kappa shape index (κ2) is 5.51. The van der Waals surface area contributed by atoms with Gasteiger partial charge in [-0.05, 0) is 68.0 Å². The molecule has 3 nitrogen and oxygen atoms in total. The van der Waals surface area contributed by atoms with E-state index in [1.165, 1.54) is 50.8 Å². The normalized spacial score (nSPS) is 32.6. The summed E-state index contributed by atoms with van der Waals surface area (Å²) in [5.74, 6) is 1.55. The predicted molar refractivity (Wildman–Crippen MR) is 81.4 cm³/mol. The molecule has 3 aliphatic heterocycles. The molecule has 0 aromatic rings. The van der Waals surface area contributed by atoms with Gasteiger partial charge >= 0.3 is 0 Å². The van der Waals surface area contributed by atoms with Crippen LogP contribution in [0.1, 0.15) is 46.0 Å². The fourth-order valence-corrected chi connectivity index (χ4v) is 4.00. The van der Waals surface area contributed by atoms with Gasteiger partial charge in [0, 0.05) is 19.2 Å². The lowest BCUT2D eigenvalue weighted by atomic mass is 9.83. The second-order valence-corrected chi connectivity index (χ2v) is 7.59. The van der Waals surface area contributed by atoms with E-state index in [0.717, 1.165) is 19.0 Å². The van der Waals surface area contributed by atoms with E-state index < -0.39 is 0 Å². The van der Waals surface area contributed by atoms with E-state index in [1.807, 2.05) is 6.08 Å². The van der Waals surface area contributed by atoms with Crippen LogP contribution in [0.4, 0.5) is 0 Å². The third kappa shape index (κ3) is 3.25. The van der Waals surface area contributed by atoms with Crippen LogP contribution in [0.2, 0.25) is 0 Å². The molecular formula is C17H28N2O. The van der Waals surface area contributed by atoms with Crippen LogP contribution in [0.15, 0.2) is 11.6 Å². The predicted octanol–water partition coefficient (Wildman–Crippen LogP) is 2.58. The largest absolute Gasteiger partial charge is 0.352 e. The number of amides is 1. The number of piperidine rings is 3. The van der Waals surface area contributed by atoms with E-state index in [4.69, 9.17) is 0 Å². The van der Waals surface area contributed by atoms with Crippen molar-refractivity contribution in [1.82, 2.24) is 10.2 Å². The molecule has 1 saturated carbocycles. The molecule has 0 atom stereocenters. The van der Waals surface area contributed by atoms with E-state index in [0.29, 0.717) is 11.3 Å². The van der Waals surface area contributed by atoms with Crippen LogP contribution in [0.5, 0.6) is 0 Å². The minimum Gasteiger partial charge on any atom is -0.352 e. The molecular weight excluding hydrogens is 248 g/mol. The zero-order chi connectivity index (χ0) is 14.2. The number of rotatable bonds is 5. The van der Waals surface area contributed by atoms with E-state index in [2.05, 4.69) is 24.1 Å². The zero-order valence-corrected chi connectivity index (χ0v) is 13.0. The van der Waals surface area contributed by atoms with Crippen molar-refractivity contribution in [2.45, 2.75) is 46.0 Å². The highest BCUT2D eigenvalue weighted by Gasteiger charge is 2.42. The molecule has 3 saturated heterocycles. The third-order valence-corrected chi connectivity index (χ3v) is 5.27. The Bertz CT molecular complexity index is 401. The van der Waals surface area contributed by atoms with Crippen molar-refractivity contribution in [3.63, 3.8) is 0 Å². The Morgan fingerprint density at radius 3 is 2.60 bits per heavy atom. The van der Waals surface area contributed by atoms with Gasteiger partial charge in [0.05, 0.1) is 0 Å². The quantitative estimate of drug-likeness (QED) is 0.783. The number of carbonyl (C=O) groups excluding carboxylic acids is 1. The minimum absolute atomic E-state index is 0.142. The Labute approximate surface area is 122 Å².